The van der Waals surface area contributed by atoms with Crippen molar-refractivity contribution in [1.82, 2.24) is 0 Å². The fraction of sp³-hybridized carbons (Fsp3) is 0.625. The van der Waals surface area contributed by atoms with Gasteiger partial charge in [-0.2, -0.15) is 0 Å². The smallest absolute Gasteiger partial charge is 0.336 e. The van der Waals surface area contributed by atoms with Crippen LogP contribution in [0.3, 0.4) is 0 Å². The number of carbonyl (C=O) groups is 2. The van der Waals surface area contributed by atoms with Crippen LogP contribution in [0, 0.1) is 17.7 Å². The predicted molar refractivity (Wildman–Crippen MR) is 149 cm³/mol. The molecule has 212 valence electrons. The van der Waals surface area contributed by atoms with Gasteiger partial charge in [-0.25, -0.2) is 14.0 Å². The zero-order valence-electron chi connectivity index (χ0n) is 23.8. The second-order valence-corrected chi connectivity index (χ2v) is 11.5. The second kappa shape index (κ2) is 15.2. The first kappa shape index (κ1) is 31.7. The van der Waals surface area contributed by atoms with Crippen LogP contribution in [0.5, 0.6) is 0 Å². The lowest BCUT2D eigenvalue weighted by molar-refractivity contribution is -0.145. The van der Waals surface area contributed by atoms with Gasteiger partial charge in [0.05, 0.1) is 24.4 Å². The molecule has 1 aliphatic carbocycles. The van der Waals surface area contributed by atoms with Crippen molar-refractivity contribution in [3.63, 3.8) is 0 Å². The zero-order valence-corrected chi connectivity index (χ0v) is 23.8. The molecule has 0 heterocycles. The summed E-state index contributed by atoms with van der Waals surface area (Å²) in [5.41, 5.74) is 0.465. The molecule has 38 heavy (non-hydrogen) atoms. The monoisotopic (exact) mass is 530 g/mol. The van der Waals surface area contributed by atoms with Gasteiger partial charge in [-0.05, 0) is 88.3 Å². The number of esters is 2. The average Bonchev–Trinajstić information content (AvgIpc) is 2.87. The van der Waals surface area contributed by atoms with Crippen molar-refractivity contribution in [3.8, 4) is 0 Å². The van der Waals surface area contributed by atoms with Crippen LogP contribution in [0.25, 0.3) is 0 Å². The van der Waals surface area contributed by atoms with Crippen molar-refractivity contribution in [2.75, 3.05) is 13.2 Å². The van der Waals surface area contributed by atoms with Crippen LogP contribution in [0.2, 0.25) is 0 Å². The molecule has 0 spiro atoms. The normalized spacial score (nSPS) is 18.5. The highest BCUT2D eigenvalue weighted by molar-refractivity contribution is 5.89. The molecule has 1 aromatic carbocycles. The summed E-state index contributed by atoms with van der Waals surface area (Å²) >= 11 is 0. The van der Waals surface area contributed by atoms with E-state index in [1.807, 2.05) is 12.1 Å². The van der Waals surface area contributed by atoms with E-state index in [1.165, 1.54) is 52.4 Å². The average molecular weight is 531 g/mol. The summed E-state index contributed by atoms with van der Waals surface area (Å²) in [7, 11) is 0. The fourth-order valence-electron chi connectivity index (χ4n) is 4.91. The summed E-state index contributed by atoms with van der Waals surface area (Å²) in [6, 6.07) is 5.59. The minimum atomic E-state index is -1.40. The van der Waals surface area contributed by atoms with Crippen molar-refractivity contribution in [1.29, 1.82) is 0 Å². The maximum atomic E-state index is 15.1. The van der Waals surface area contributed by atoms with Crippen LogP contribution in [0.4, 0.5) is 4.39 Å². The van der Waals surface area contributed by atoms with Gasteiger partial charge < -0.3 is 14.6 Å². The first-order valence-electron chi connectivity index (χ1n) is 14.1. The van der Waals surface area contributed by atoms with Crippen LogP contribution in [0.15, 0.2) is 42.5 Å². The van der Waals surface area contributed by atoms with Crippen LogP contribution in [0.1, 0.15) is 103 Å². The highest BCUT2D eigenvalue weighted by Crippen LogP contribution is 2.38. The predicted octanol–water partition coefficient (Wildman–Crippen LogP) is 7.22. The summed E-state index contributed by atoms with van der Waals surface area (Å²) in [5, 5.41) is 9.99. The first-order valence-corrected chi connectivity index (χ1v) is 14.1. The first-order chi connectivity index (χ1) is 17.9. The summed E-state index contributed by atoms with van der Waals surface area (Å²) in [4.78, 5) is 24.2. The standard InChI is InChI=1S/C32H47FO5/c1-7-8-9-10-24-11-14-26(15-12-24)28-18-17-27(29(33)19-28)16-13-25(20-37-30(34)22(2)3)21-38-31(35)23(4)32(5,6)36/h17-19,24-26,36H,2,4,7-16,20-21H2,1,3,5-6H3. The molecule has 5 nitrogen and oxygen atoms in total. The summed E-state index contributed by atoms with van der Waals surface area (Å²) in [6.45, 7) is 13.8. The molecule has 1 unspecified atom stereocenters. The summed E-state index contributed by atoms with van der Waals surface area (Å²) in [5.74, 6) is -0.593. The number of aryl methyl sites for hydroxylation is 1. The summed E-state index contributed by atoms with van der Waals surface area (Å²) in [6.07, 6.45) is 10.7. The van der Waals surface area contributed by atoms with E-state index < -0.39 is 17.5 Å². The van der Waals surface area contributed by atoms with E-state index in [4.69, 9.17) is 9.47 Å². The Morgan fingerprint density at radius 3 is 2.26 bits per heavy atom. The lowest BCUT2D eigenvalue weighted by atomic mass is 9.77. The van der Waals surface area contributed by atoms with Gasteiger partial charge in [-0.1, -0.05) is 57.9 Å². The number of carbonyl (C=O) groups excluding carboxylic acids is 2. The minimum absolute atomic E-state index is 0.00909. The van der Waals surface area contributed by atoms with Crippen molar-refractivity contribution < 1.29 is 28.6 Å². The maximum absolute atomic E-state index is 15.1. The number of hydrogen-bond donors (Lipinski definition) is 1. The Hall–Kier alpha value is -2.47. The highest BCUT2D eigenvalue weighted by atomic mass is 19.1. The van der Waals surface area contributed by atoms with E-state index in [9.17, 15) is 14.7 Å². The Labute approximate surface area is 228 Å². The number of unbranched alkanes of at least 4 members (excludes halogenated alkanes) is 2. The number of aliphatic hydroxyl groups is 1. The number of halogens is 1. The third kappa shape index (κ3) is 10.4. The van der Waals surface area contributed by atoms with Crippen molar-refractivity contribution in [2.24, 2.45) is 11.8 Å². The van der Waals surface area contributed by atoms with Crippen molar-refractivity contribution >= 4 is 11.9 Å². The second-order valence-electron chi connectivity index (χ2n) is 11.5. The molecule has 0 amide bonds. The number of ether oxygens (including phenoxy) is 2. The Morgan fingerprint density at radius 2 is 1.71 bits per heavy atom. The SMILES string of the molecule is C=C(C)C(=O)OCC(CCc1ccc(C2CCC(CCCCC)CC2)cc1F)COC(=O)C(=C)C(C)(C)O. The molecular weight excluding hydrogens is 483 g/mol. The molecule has 0 bridgehead atoms. The van der Waals surface area contributed by atoms with E-state index in [2.05, 4.69) is 20.1 Å². The van der Waals surface area contributed by atoms with Gasteiger partial charge in [0, 0.05) is 11.5 Å². The quantitative estimate of drug-likeness (QED) is 0.147. The lowest BCUT2D eigenvalue weighted by Gasteiger charge is -2.29. The molecule has 1 aromatic rings. The molecule has 1 saturated carbocycles. The van der Waals surface area contributed by atoms with Gasteiger partial charge in [-0.3, -0.25) is 0 Å². The lowest BCUT2D eigenvalue weighted by Crippen LogP contribution is -2.30. The third-order valence-electron chi connectivity index (χ3n) is 7.67. The van der Waals surface area contributed by atoms with Crippen molar-refractivity contribution in [3.05, 3.63) is 59.4 Å². The molecule has 0 aliphatic heterocycles. The van der Waals surface area contributed by atoms with E-state index >= 15 is 4.39 Å². The Bertz CT molecular complexity index is 953. The molecule has 0 saturated heterocycles. The van der Waals surface area contributed by atoms with E-state index in [0.29, 0.717) is 24.3 Å². The Balaban J connectivity index is 1.96. The molecule has 1 aliphatic rings. The molecule has 0 aromatic heterocycles. The molecule has 2 rings (SSSR count). The maximum Gasteiger partial charge on any atom is 0.336 e. The molecule has 1 atom stereocenters. The Kier molecular flexibility index (Phi) is 12.7. The Morgan fingerprint density at radius 1 is 1.08 bits per heavy atom. The molecule has 1 N–H and O–H groups in total. The summed E-state index contributed by atoms with van der Waals surface area (Å²) < 4.78 is 25.7. The highest BCUT2D eigenvalue weighted by Gasteiger charge is 2.26. The molecule has 0 radical (unpaired) electrons. The molecule has 1 fully saturated rings. The zero-order chi connectivity index (χ0) is 28.3. The van der Waals surface area contributed by atoms with Gasteiger partial charge in [0.2, 0.25) is 0 Å². The number of benzene rings is 1. The number of hydrogen-bond acceptors (Lipinski definition) is 5. The van der Waals surface area contributed by atoms with E-state index in [0.717, 1.165) is 24.3 Å². The topological polar surface area (TPSA) is 72.8 Å². The van der Waals surface area contributed by atoms with Crippen LogP contribution >= 0.6 is 0 Å². The van der Waals surface area contributed by atoms with Gasteiger partial charge in [0.15, 0.2) is 0 Å². The van der Waals surface area contributed by atoms with Gasteiger partial charge in [0.1, 0.15) is 5.82 Å². The van der Waals surface area contributed by atoms with E-state index in [-0.39, 0.29) is 36.1 Å². The van der Waals surface area contributed by atoms with Gasteiger partial charge >= 0.3 is 11.9 Å². The van der Waals surface area contributed by atoms with Crippen LogP contribution in [-0.2, 0) is 25.5 Å². The third-order valence-corrected chi connectivity index (χ3v) is 7.67. The number of rotatable bonds is 15. The molecule has 6 heteroatoms. The van der Waals surface area contributed by atoms with Crippen molar-refractivity contribution in [2.45, 2.75) is 103 Å². The van der Waals surface area contributed by atoms with Crippen LogP contribution in [-0.4, -0.2) is 35.9 Å². The fourth-order valence-corrected chi connectivity index (χ4v) is 4.91. The van der Waals surface area contributed by atoms with E-state index in [1.54, 1.807) is 13.0 Å². The van der Waals surface area contributed by atoms with Gasteiger partial charge in [0.25, 0.3) is 0 Å². The largest absolute Gasteiger partial charge is 0.462 e. The van der Waals surface area contributed by atoms with Gasteiger partial charge in [-0.15, -0.1) is 0 Å². The molecular formula is C32H47FO5. The minimum Gasteiger partial charge on any atom is -0.462 e. The van der Waals surface area contributed by atoms with Crippen LogP contribution < -0.4 is 0 Å².